The van der Waals surface area contributed by atoms with Crippen LogP contribution < -0.4 is 0 Å². The van der Waals surface area contributed by atoms with E-state index in [1.54, 1.807) is 0 Å². The van der Waals surface area contributed by atoms with Gasteiger partial charge in [-0.1, -0.05) is 214 Å². The Morgan fingerprint density at radius 2 is 0.797 bits per heavy atom. The lowest BCUT2D eigenvalue weighted by atomic mass is 9.98. The fourth-order valence-corrected chi connectivity index (χ4v) is 8.90. The largest absolute Gasteiger partial charge is 0.479 e. The fraction of sp³-hybridized carbons (Fsp3) is 0.701. The first kappa shape index (κ1) is 72.7. The van der Waals surface area contributed by atoms with Crippen molar-refractivity contribution >= 4 is 23.9 Å². The van der Waals surface area contributed by atoms with Crippen LogP contribution in [0.2, 0.25) is 0 Å². The smallest absolute Gasteiger partial charge is 0.335 e. The molecule has 12 nitrogen and oxygen atoms in total. The molecule has 450 valence electrons. The number of rotatable bonds is 52. The maximum atomic E-state index is 13.1. The molecule has 12 heteroatoms. The van der Waals surface area contributed by atoms with Crippen molar-refractivity contribution in [2.24, 2.45) is 0 Å². The molecule has 0 saturated carbocycles. The molecule has 0 radical (unpaired) electrons. The highest BCUT2D eigenvalue weighted by Gasteiger charge is 2.50. The predicted molar refractivity (Wildman–Crippen MR) is 321 cm³/mol. The zero-order valence-corrected chi connectivity index (χ0v) is 49.6. The summed E-state index contributed by atoms with van der Waals surface area (Å²) in [7, 11) is 0. The summed E-state index contributed by atoms with van der Waals surface area (Å²) in [5, 5.41) is 31.6. The Bertz CT molecular complexity index is 1740. The predicted octanol–water partition coefficient (Wildman–Crippen LogP) is 16.5. The molecule has 1 aliphatic heterocycles. The average molecular weight is 1110 g/mol. The van der Waals surface area contributed by atoms with Crippen LogP contribution in [0.5, 0.6) is 0 Å². The van der Waals surface area contributed by atoms with Crippen molar-refractivity contribution in [1.82, 2.24) is 0 Å². The number of aliphatic carboxylic acids is 1. The third-order valence-electron chi connectivity index (χ3n) is 13.6. The third-order valence-corrected chi connectivity index (χ3v) is 13.6. The van der Waals surface area contributed by atoms with E-state index in [0.29, 0.717) is 19.3 Å². The Morgan fingerprint density at radius 3 is 1.23 bits per heavy atom. The summed E-state index contributed by atoms with van der Waals surface area (Å²) >= 11 is 0. The molecule has 1 heterocycles. The van der Waals surface area contributed by atoms with Crippen molar-refractivity contribution in [2.75, 3.05) is 13.2 Å². The number of hydrogen-bond donors (Lipinski definition) is 3. The monoisotopic (exact) mass is 1110 g/mol. The first-order valence-corrected chi connectivity index (χ1v) is 31.2. The second-order valence-electron chi connectivity index (χ2n) is 20.9. The molecule has 1 aliphatic rings. The number of aliphatic hydroxyl groups excluding tert-OH is 2. The van der Waals surface area contributed by atoms with Gasteiger partial charge in [-0.2, -0.15) is 0 Å². The molecule has 6 unspecified atom stereocenters. The van der Waals surface area contributed by atoms with Crippen molar-refractivity contribution in [3.63, 3.8) is 0 Å². The quantitative estimate of drug-likeness (QED) is 0.0228. The number of carboxylic acids is 1. The van der Waals surface area contributed by atoms with Crippen LogP contribution in [-0.4, -0.2) is 89.2 Å². The highest BCUT2D eigenvalue weighted by Crippen LogP contribution is 2.26. The van der Waals surface area contributed by atoms with Crippen LogP contribution in [0.1, 0.15) is 252 Å². The van der Waals surface area contributed by atoms with Gasteiger partial charge in [-0.25, -0.2) is 4.79 Å². The SMILES string of the molecule is CC/C=C\C/C=C\C/C=C\CCCCCCCCCC(=O)OCC(COC1OC(C(=O)O)C(O)C(O)C1OC(=O)CCCCCCCCCCC/C=C\C/C=C\CCCCC)OC(=O)CCCCC/C=C\C/C=C\C/C=C\CC. The second kappa shape index (κ2) is 54.2. The lowest BCUT2D eigenvalue weighted by Crippen LogP contribution is -2.61. The molecular weight excluding hydrogens is 997 g/mol. The highest BCUT2D eigenvalue weighted by atomic mass is 16.7. The standard InChI is InChI=1S/C67H110O12/c1-4-7-10-13-16-19-22-25-27-29-30-32-34-37-40-43-46-49-52-55-61(70)78-65-63(72)62(71)64(66(73)74)79-67(65)76-57-58(77-60(69)54-51-48-45-42-39-35-24-21-18-15-12-9-6-3)56-75-59(68)53-50-47-44-41-38-36-33-31-28-26-23-20-17-14-11-8-5-2/h8-9,11-12,16-21,25-28,35,39,58,62-65,67,71-72H,4-7,10,13-15,22-24,29-34,36-38,40-57H2,1-3H3,(H,73,74)/b11-8-,12-9-,19-16-,20-17-,21-18-,27-25-,28-26-,39-35-. The molecule has 79 heavy (non-hydrogen) atoms. The van der Waals surface area contributed by atoms with E-state index in [1.165, 1.54) is 57.8 Å². The van der Waals surface area contributed by atoms with E-state index in [0.717, 1.165) is 135 Å². The van der Waals surface area contributed by atoms with Crippen LogP contribution in [0.4, 0.5) is 0 Å². The van der Waals surface area contributed by atoms with Crippen molar-refractivity contribution < 1.29 is 58.2 Å². The fourth-order valence-electron chi connectivity index (χ4n) is 8.90. The van der Waals surface area contributed by atoms with Crippen LogP contribution in [0.25, 0.3) is 0 Å². The minimum Gasteiger partial charge on any atom is -0.479 e. The number of esters is 3. The molecule has 0 bridgehead atoms. The Hall–Kier alpha value is -4.36. The number of hydrogen-bond acceptors (Lipinski definition) is 11. The van der Waals surface area contributed by atoms with Crippen molar-refractivity contribution in [3.05, 3.63) is 97.2 Å². The van der Waals surface area contributed by atoms with Crippen molar-refractivity contribution in [2.45, 2.75) is 289 Å². The van der Waals surface area contributed by atoms with Gasteiger partial charge in [0.25, 0.3) is 0 Å². The molecule has 0 aromatic heterocycles. The van der Waals surface area contributed by atoms with Gasteiger partial charge >= 0.3 is 23.9 Å². The lowest BCUT2D eigenvalue weighted by molar-refractivity contribution is -0.301. The first-order chi connectivity index (χ1) is 38.6. The van der Waals surface area contributed by atoms with E-state index in [4.69, 9.17) is 23.7 Å². The highest BCUT2D eigenvalue weighted by molar-refractivity contribution is 5.74. The van der Waals surface area contributed by atoms with Crippen LogP contribution in [0.3, 0.4) is 0 Å². The summed E-state index contributed by atoms with van der Waals surface area (Å²) < 4.78 is 28.4. The molecular formula is C67H110O12. The van der Waals surface area contributed by atoms with Crippen molar-refractivity contribution in [1.29, 1.82) is 0 Å². The average Bonchev–Trinajstić information content (AvgIpc) is 3.47. The summed E-state index contributed by atoms with van der Waals surface area (Å²) in [6, 6.07) is 0. The number of carbonyl (C=O) groups is 4. The van der Waals surface area contributed by atoms with E-state index < -0.39 is 67.3 Å². The zero-order chi connectivity index (χ0) is 57.5. The number of carboxylic acid groups (broad SMARTS) is 1. The van der Waals surface area contributed by atoms with Gasteiger partial charge in [-0.15, -0.1) is 0 Å². The van der Waals surface area contributed by atoms with E-state index in [1.807, 2.05) is 0 Å². The van der Waals surface area contributed by atoms with Gasteiger partial charge in [0.2, 0.25) is 0 Å². The van der Waals surface area contributed by atoms with E-state index in [2.05, 4.69) is 118 Å². The summed E-state index contributed by atoms with van der Waals surface area (Å²) in [5.74, 6) is -3.18. The van der Waals surface area contributed by atoms with Gasteiger partial charge in [-0.3, -0.25) is 14.4 Å². The molecule has 0 aromatic rings. The van der Waals surface area contributed by atoms with Gasteiger partial charge in [0.1, 0.15) is 18.8 Å². The number of unbranched alkanes of at least 4 members (excludes halogenated alkanes) is 22. The normalized spacial score (nSPS) is 18.5. The molecule has 0 spiro atoms. The van der Waals surface area contributed by atoms with Gasteiger partial charge < -0.3 is 39.0 Å². The van der Waals surface area contributed by atoms with Crippen LogP contribution in [-0.2, 0) is 42.9 Å². The zero-order valence-electron chi connectivity index (χ0n) is 49.6. The van der Waals surface area contributed by atoms with Crippen molar-refractivity contribution in [3.8, 4) is 0 Å². The summed E-state index contributed by atoms with van der Waals surface area (Å²) in [5.41, 5.74) is 0. The molecule has 0 aromatic carbocycles. The molecule has 6 atom stereocenters. The van der Waals surface area contributed by atoms with E-state index in [9.17, 15) is 34.5 Å². The topological polar surface area (TPSA) is 175 Å². The van der Waals surface area contributed by atoms with Crippen LogP contribution in [0, 0.1) is 0 Å². The van der Waals surface area contributed by atoms with Gasteiger partial charge in [0.15, 0.2) is 24.6 Å². The van der Waals surface area contributed by atoms with Crippen LogP contribution in [0.15, 0.2) is 97.2 Å². The molecule has 0 aliphatic carbocycles. The van der Waals surface area contributed by atoms with Gasteiger partial charge in [0.05, 0.1) is 6.61 Å². The van der Waals surface area contributed by atoms with Gasteiger partial charge in [-0.05, 0) is 116 Å². The van der Waals surface area contributed by atoms with Crippen LogP contribution >= 0.6 is 0 Å². The minimum absolute atomic E-state index is 0.0474. The maximum absolute atomic E-state index is 13.1. The molecule has 1 fully saturated rings. The maximum Gasteiger partial charge on any atom is 0.335 e. The molecule has 0 amide bonds. The first-order valence-electron chi connectivity index (χ1n) is 31.2. The number of allylic oxidation sites excluding steroid dienone is 16. The third kappa shape index (κ3) is 44.0. The molecule has 1 rings (SSSR count). The summed E-state index contributed by atoms with van der Waals surface area (Å²) in [6.07, 6.45) is 59.4. The summed E-state index contributed by atoms with van der Waals surface area (Å²) in [4.78, 5) is 51.2. The van der Waals surface area contributed by atoms with Gasteiger partial charge in [0, 0.05) is 19.3 Å². The Balaban J connectivity index is 2.67. The Morgan fingerprint density at radius 1 is 0.430 bits per heavy atom. The number of ether oxygens (including phenoxy) is 5. The minimum atomic E-state index is -1.91. The Labute approximate surface area is 479 Å². The molecule has 3 N–H and O–H groups in total. The summed E-state index contributed by atoms with van der Waals surface area (Å²) in [6.45, 7) is 5.72. The lowest BCUT2D eigenvalue weighted by Gasteiger charge is -2.40. The van der Waals surface area contributed by atoms with E-state index in [-0.39, 0.29) is 25.9 Å². The number of aliphatic hydroxyl groups is 2. The number of carbonyl (C=O) groups excluding carboxylic acids is 3. The second-order valence-corrected chi connectivity index (χ2v) is 20.9. The Kier molecular flexibility index (Phi) is 49.9. The molecule has 1 saturated heterocycles. The van der Waals surface area contributed by atoms with E-state index >= 15 is 0 Å².